The lowest BCUT2D eigenvalue weighted by atomic mass is 10.0. The van der Waals surface area contributed by atoms with E-state index in [1.807, 2.05) is 0 Å². The Balaban J connectivity index is 2.49. The Morgan fingerprint density at radius 2 is 1.47 bits per heavy atom. The van der Waals surface area contributed by atoms with Gasteiger partial charge in [-0.1, -0.05) is 37.9 Å². The van der Waals surface area contributed by atoms with Crippen molar-refractivity contribution in [3.8, 4) is 0 Å². The summed E-state index contributed by atoms with van der Waals surface area (Å²) in [7, 11) is 0. The molecule has 19 heavy (non-hydrogen) atoms. The summed E-state index contributed by atoms with van der Waals surface area (Å²) >= 11 is 6.46. The van der Waals surface area contributed by atoms with Crippen molar-refractivity contribution >= 4 is 31.9 Å². The highest BCUT2D eigenvalue weighted by atomic mass is 79.9. The van der Waals surface area contributed by atoms with Gasteiger partial charge in [0.25, 0.3) is 0 Å². The summed E-state index contributed by atoms with van der Waals surface area (Å²) in [4.78, 5) is 0. The first-order valence-corrected chi connectivity index (χ1v) is 6.76. The summed E-state index contributed by atoms with van der Waals surface area (Å²) in [6, 6.07) is 5.95. The summed E-state index contributed by atoms with van der Waals surface area (Å²) < 4.78 is 40.9. The van der Waals surface area contributed by atoms with Gasteiger partial charge in [0, 0.05) is 20.6 Å². The minimum absolute atomic E-state index is 0.318. The third kappa shape index (κ3) is 3.01. The average Bonchev–Trinajstić information content (AvgIpc) is 2.33. The van der Waals surface area contributed by atoms with Gasteiger partial charge in [0.05, 0.1) is 0 Å². The van der Waals surface area contributed by atoms with Crippen molar-refractivity contribution in [2.24, 2.45) is 0 Å². The van der Waals surface area contributed by atoms with Crippen molar-refractivity contribution in [1.82, 2.24) is 0 Å². The van der Waals surface area contributed by atoms with E-state index in [2.05, 4.69) is 31.9 Å². The Morgan fingerprint density at radius 3 is 2.11 bits per heavy atom. The van der Waals surface area contributed by atoms with E-state index in [4.69, 9.17) is 0 Å². The zero-order chi connectivity index (χ0) is 14.2. The van der Waals surface area contributed by atoms with Crippen LogP contribution in [-0.4, -0.2) is 5.11 Å². The standard InChI is InChI=1S/C13H7Br2F3O/c14-6-1-2-7(9(15)3-6)13(19)8-4-11(17)12(18)5-10(8)16/h1-5,13,19H. The zero-order valence-corrected chi connectivity index (χ0v) is 12.5. The molecule has 1 unspecified atom stereocenters. The van der Waals surface area contributed by atoms with Crippen LogP contribution in [0.5, 0.6) is 0 Å². The van der Waals surface area contributed by atoms with Crippen LogP contribution < -0.4 is 0 Å². The molecule has 0 radical (unpaired) electrons. The van der Waals surface area contributed by atoms with E-state index in [1.54, 1.807) is 18.2 Å². The number of hydrogen-bond acceptors (Lipinski definition) is 1. The van der Waals surface area contributed by atoms with Gasteiger partial charge in [-0.3, -0.25) is 0 Å². The summed E-state index contributed by atoms with van der Waals surface area (Å²) in [5.74, 6) is -3.49. The first kappa shape index (κ1) is 14.6. The van der Waals surface area contributed by atoms with Crippen molar-refractivity contribution in [2.75, 3.05) is 0 Å². The van der Waals surface area contributed by atoms with Gasteiger partial charge in [0.1, 0.15) is 11.9 Å². The third-order valence-corrected chi connectivity index (χ3v) is 3.77. The third-order valence-electron chi connectivity index (χ3n) is 2.59. The van der Waals surface area contributed by atoms with Crippen LogP contribution in [0.25, 0.3) is 0 Å². The predicted molar refractivity (Wildman–Crippen MR) is 72.2 cm³/mol. The van der Waals surface area contributed by atoms with Gasteiger partial charge in [-0.05, 0) is 23.8 Å². The lowest BCUT2D eigenvalue weighted by molar-refractivity contribution is 0.213. The molecule has 1 atom stereocenters. The molecule has 100 valence electrons. The van der Waals surface area contributed by atoms with Crippen LogP contribution in [0.4, 0.5) is 13.2 Å². The quantitative estimate of drug-likeness (QED) is 0.730. The number of halogens is 5. The molecule has 2 rings (SSSR count). The molecule has 0 heterocycles. The molecule has 0 saturated heterocycles. The molecule has 2 aromatic rings. The van der Waals surface area contributed by atoms with Gasteiger partial charge in [0.15, 0.2) is 11.6 Å². The first-order chi connectivity index (χ1) is 8.90. The minimum atomic E-state index is -1.39. The lowest BCUT2D eigenvalue weighted by Gasteiger charge is -2.14. The molecule has 0 bridgehead atoms. The fraction of sp³-hybridized carbons (Fsp3) is 0.0769. The predicted octanol–water partition coefficient (Wildman–Crippen LogP) is 4.71. The molecule has 0 saturated carbocycles. The highest BCUT2D eigenvalue weighted by Gasteiger charge is 2.20. The van der Waals surface area contributed by atoms with E-state index in [9.17, 15) is 18.3 Å². The normalized spacial score (nSPS) is 12.5. The monoisotopic (exact) mass is 394 g/mol. The van der Waals surface area contributed by atoms with Crippen LogP contribution in [-0.2, 0) is 0 Å². The topological polar surface area (TPSA) is 20.2 Å². The Bertz CT molecular complexity index is 632. The second kappa shape index (κ2) is 5.64. The Morgan fingerprint density at radius 1 is 0.842 bits per heavy atom. The molecule has 0 aliphatic heterocycles. The van der Waals surface area contributed by atoms with Crippen LogP contribution in [0.1, 0.15) is 17.2 Å². The van der Waals surface area contributed by atoms with Gasteiger partial charge in [0.2, 0.25) is 0 Å². The number of benzene rings is 2. The molecule has 0 spiro atoms. The molecular formula is C13H7Br2F3O. The van der Waals surface area contributed by atoms with Crippen LogP contribution in [0.15, 0.2) is 39.3 Å². The smallest absolute Gasteiger partial charge is 0.161 e. The summed E-state index contributed by atoms with van der Waals surface area (Å²) in [6.45, 7) is 0. The fourth-order valence-corrected chi connectivity index (χ4v) is 2.90. The van der Waals surface area contributed by atoms with E-state index in [0.29, 0.717) is 22.2 Å². The van der Waals surface area contributed by atoms with E-state index >= 15 is 0 Å². The van der Waals surface area contributed by atoms with Crippen LogP contribution in [0.3, 0.4) is 0 Å². The average molecular weight is 396 g/mol. The number of aliphatic hydroxyl groups excluding tert-OH is 1. The second-order valence-electron chi connectivity index (χ2n) is 3.86. The highest BCUT2D eigenvalue weighted by molar-refractivity contribution is 9.11. The van der Waals surface area contributed by atoms with E-state index in [0.717, 1.165) is 4.47 Å². The molecule has 1 N–H and O–H groups in total. The largest absolute Gasteiger partial charge is 0.384 e. The number of aliphatic hydroxyl groups is 1. The Kier molecular flexibility index (Phi) is 4.32. The van der Waals surface area contributed by atoms with Gasteiger partial charge in [-0.25, -0.2) is 13.2 Å². The molecule has 0 aromatic heterocycles. The summed E-state index contributed by atoms with van der Waals surface area (Å²) in [5.41, 5.74) is 0.0371. The molecule has 0 aliphatic carbocycles. The Labute approximate surface area is 124 Å². The molecule has 0 aliphatic rings. The molecule has 0 fully saturated rings. The van der Waals surface area contributed by atoms with Crippen LogP contribution in [0, 0.1) is 17.5 Å². The van der Waals surface area contributed by atoms with Gasteiger partial charge < -0.3 is 5.11 Å². The maximum atomic E-state index is 13.6. The number of hydrogen-bond donors (Lipinski definition) is 1. The number of rotatable bonds is 2. The van der Waals surface area contributed by atoms with Gasteiger partial charge in [-0.2, -0.15) is 0 Å². The van der Waals surface area contributed by atoms with E-state index < -0.39 is 23.6 Å². The van der Waals surface area contributed by atoms with Crippen LogP contribution in [0.2, 0.25) is 0 Å². The maximum absolute atomic E-state index is 13.6. The minimum Gasteiger partial charge on any atom is -0.384 e. The zero-order valence-electron chi connectivity index (χ0n) is 9.30. The van der Waals surface area contributed by atoms with E-state index in [-0.39, 0.29) is 5.56 Å². The van der Waals surface area contributed by atoms with Crippen molar-refractivity contribution < 1.29 is 18.3 Å². The van der Waals surface area contributed by atoms with Crippen molar-refractivity contribution in [3.63, 3.8) is 0 Å². The molecule has 0 amide bonds. The highest BCUT2D eigenvalue weighted by Crippen LogP contribution is 2.32. The Hall–Kier alpha value is -0.850. The van der Waals surface area contributed by atoms with Crippen molar-refractivity contribution in [3.05, 3.63) is 67.9 Å². The van der Waals surface area contributed by atoms with Crippen LogP contribution >= 0.6 is 31.9 Å². The molecule has 1 nitrogen and oxygen atoms in total. The maximum Gasteiger partial charge on any atom is 0.161 e. The van der Waals surface area contributed by atoms with Gasteiger partial charge in [-0.15, -0.1) is 0 Å². The molecular weight excluding hydrogens is 389 g/mol. The summed E-state index contributed by atoms with van der Waals surface area (Å²) in [5, 5.41) is 10.1. The SMILES string of the molecule is OC(c1cc(F)c(F)cc1F)c1ccc(Br)cc1Br. The summed E-state index contributed by atoms with van der Waals surface area (Å²) in [6.07, 6.45) is -1.39. The van der Waals surface area contributed by atoms with E-state index in [1.165, 1.54) is 0 Å². The molecule has 2 aromatic carbocycles. The second-order valence-corrected chi connectivity index (χ2v) is 5.63. The van der Waals surface area contributed by atoms with Gasteiger partial charge >= 0.3 is 0 Å². The lowest BCUT2D eigenvalue weighted by Crippen LogP contribution is -2.05. The van der Waals surface area contributed by atoms with Crippen molar-refractivity contribution in [1.29, 1.82) is 0 Å². The van der Waals surface area contributed by atoms with Crippen molar-refractivity contribution in [2.45, 2.75) is 6.10 Å². The molecule has 6 heteroatoms. The fourth-order valence-electron chi connectivity index (χ4n) is 1.64. The first-order valence-electron chi connectivity index (χ1n) is 5.17.